The van der Waals surface area contributed by atoms with Gasteiger partial charge >= 0.3 is 0 Å². The van der Waals surface area contributed by atoms with E-state index in [9.17, 15) is 0 Å². The summed E-state index contributed by atoms with van der Waals surface area (Å²) in [5.41, 5.74) is 15.9. The molecule has 0 bridgehead atoms. The Kier molecular flexibility index (Phi) is 9.19. The minimum atomic E-state index is -0.0690. The van der Waals surface area contributed by atoms with Gasteiger partial charge in [0, 0.05) is 66.0 Å². The van der Waals surface area contributed by atoms with Gasteiger partial charge in [-0.1, -0.05) is 132 Å². The van der Waals surface area contributed by atoms with Crippen LogP contribution in [0, 0.1) is 0 Å². The average Bonchev–Trinajstić information content (AvgIpc) is 3.73. The van der Waals surface area contributed by atoms with E-state index in [1.807, 2.05) is 0 Å². The van der Waals surface area contributed by atoms with Gasteiger partial charge in [0.25, 0.3) is 0 Å². The molecule has 0 saturated heterocycles. The first-order valence-electron chi connectivity index (χ1n) is 20.7. The summed E-state index contributed by atoms with van der Waals surface area (Å²) in [5.74, 6) is 1.63. The molecule has 0 fully saturated rings. The first-order chi connectivity index (χ1) is 27.2. The van der Waals surface area contributed by atoms with Gasteiger partial charge in [0.1, 0.15) is 11.5 Å². The lowest BCUT2D eigenvalue weighted by atomic mass is 9.82. The Morgan fingerprint density at radius 3 is 0.966 bits per heavy atom. The first-order valence-corrected chi connectivity index (χ1v) is 20.7. The van der Waals surface area contributed by atoms with E-state index in [4.69, 9.17) is 9.47 Å². The zero-order valence-corrected chi connectivity index (χ0v) is 37.1. The number of hydrogen-bond acceptors (Lipinski definition) is 2. The second-order valence-corrected chi connectivity index (χ2v) is 20.4. The van der Waals surface area contributed by atoms with Crippen LogP contribution in [0.3, 0.4) is 0 Å². The Balaban J connectivity index is 1.38. The monoisotopic (exact) mass is 768 g/mol. The summed E-state index contributed by atoms with van der Waals surface area (Å²) in [5, 5.41) is 4.95. The molecule has 2 aromatic heterocycles. The molecule has 0 radical (unpaired) electrons. The molecule has 6 aromatic carbocycles. The molecular formula is C54H60N2O2. The third-order valence-corrected chi connectivity index (χ3v) is 12.2. The second kappa shape index (κ2) is 13.5. The van der Waals surface area contributed by atoms with Crippen LogP contribution in [0.2, 0.25) is 0 Å². The fourth-order valence-corrected chi connectivity index (χ4v) is 8.59. The van der Waals surface area contributed by atoms with Crippen LogP contribution >= 0.6 is 0 Å². The molecule has 8 aromatic rings. The third kappa shape index (κ3) is 6.65. The second-order valence-electron chi connectivity index (χ2n) is 20.4. The molecule has 2 N–H and O–H groups in total. The van der Waals surface area contributed by atoms with Crippen LogP contribution in [0.5, 0.6) is 11.5 Å². The van der Waals surface area contributed by atoms with Crippen molar-refractivity contribution in [3.8, 4) is 44.9 Å². The molecule has 0 atom stereocenters. The number of nitrogens with one attached hydrogen (secondary N) is 2. The normalized spacial score (nSPS) is 13.0. The predicted octanol–water partition coefficient (Wildman–Crippen LogP) is 15.2. The van der Waals surface area contributed by atoms with Gasteiger partial charge < -0.3 is 19.4 Å². The lowest BCUT2D eigenvalue weighted by Gasteiger charge is -2.23. The zero-order chi connectivity index (χ0) is 41.7. The zero-order valence-electron chi connectivity index (χ0n) is 37.1. The van der Waals surface area contributed by atoms with Gasteiger partial charge in [-0.2, -0.15) is 0 Å². The maximum Gasteiger partial charge on any atom is 0.134 e. The van der Waals surface area contributed by atoms with E-state index in [2.05, 4.69) is 190 Å². The third-order valence-electron chi connectivity index (χ3n) is 12.2. The van der Waals surface area contributed by atoms with Gasteiger partial charge in [0.05, 0.1) is 25.3 Å². The largest absolute Gasteiger partial charge is 0.495 e. The highest BCUT2D eigenvalue weighted by Crippen LogP contribution is 2.49. The Morgan fingerprint density at radius 2 is 0.655 bits per heavy atom. The van der Waals surface area contributed by atoms with Crippen molar-refractivity contribution in [2.24, 2.45) is 0 Å². The van der Waals surface area contributed by atoms with Gasteiger partial charge in [-0.15, -0.1) is 0 Å². The highest BCUT2D eigenvalue weighted by atomic mass is 16.5. The summed E-state index contributed by atoms with van der Waals surface area (Å²) < 4.78 is 13.0. The number of aromatic nitrogens is 2. The molecule has 0 saturated carbocycles. The molecule has 2 heterocycles. The average molecular weight is 769 g/mol. The molecule has 4 heteroatoms. The summed E-state index contributed by atoms with van der Waals surface area (Å²) >= 11 is 0. The van der Waals surface area contributed by atoms with E-state index in [1.54, 1.807) is 14.2 Å². The summed E-state index contributed by atoms with van der Waals surface area (Å²) in [6, 6.07) is 36.2. The van der Waals surface area contributed by atoms with Crippen LogP contribution in [-0.4, -0.2) is 24.2 Å². The van der Waals surface area contributed by atoms with E-state index in [0.29, 0.717) is 0 Å². The molecule has 58 heavy (non-hydrogen) atoms. The first kappa shape index (κ1) is 39.4. The molecule has 0 unspecified atom stereocenters. The van der Waals surface area contributed by atoms with Gasteiger partial charge in [-0.05, 0) is 92.4 Å². The lowest BCUT2D eigenvalue weighted by molar-refractivity contribution is 0.412. The number of fused-ring (bicyclic) bond motifs is 6. The quantitative estimate of drug-likeness (QED) is 0.183. The minimum absolute atomic E-state index is 0.0391. The summed E-state index contributed by atoms with van der Waals surface area (Å²) in [6.07, 6.45) is 0. The number of ether oxygens (including phenoxy) is 2. The van der Waals surface area contributed by atoms with Gasteiger partial charge in [-0.3, -0.25) is 0 Å². The Morgan fingerprint density at radius 1 is 0.345 bits per heavy atom. The van der Waals surface area contributed by atoms with Crippen LogP contribution in [0.15, 0.2) is 97.1 Å². The highest BCUT2D eigenvalue weighted by Gasteiger charge is 2.27. The summed E-state index contributed by atoms with van der Waals surface area (Å²) in [7, 11) is 3.58. The van der Waals surface area contributed by atoms with E-state index in [-0.39, 0.29) is 21.7 Å². The van der Waals surface area contributed by atoms with Crippen LogP contribution < -0.4 is 9.47 Å². The number of hydrogen-bond donors (Lipinski definition) is 2. The number of benzene rings is 6. The van der Waals surface area contributed by atoms with E-state index in [0.717, 1.165) is 66.9 Å². The van der Waals surface area contributed by atoms with Crippen molar-refractivity contribution >= 4 is 43.6 Å². The molecule has 0 spiro atoms. The van der Waals surface area contributed by atoms with E-state index < -0.39 is 0 Å². The Bertz CT molecular complexity index is 2690. The number of H-pyrrole nitrogens is 2. The van der Waals surface area contributed by atoms with Crippen LogP contribution in [0.4, 0.5) is 0 Å². The molecule has 0 aliphatic carbocycles. The number of aromatic amines is 2. The molecule has 0 aliphatic heterocycles. The number of para-hydroxylation sites is 2. The van der Waals surface area contributed by atoms with Crippen molar-refractivity contribution in [3.63, 3.8) is 0 Å². The lowest BCUT2D eigenvalue weighted by Crippen LogP contribution is -2.11. The molecule has 8 rings (SSSR count). The predicted molar refractivity (Wildman–Crippen MR) is 249 cm³/mol. The van der Waals surface area contributed by atoms with Crippen molar-refractivity contribution in [1.29, 1.82) is 0 Å². The molecule has 4 nitrogen and oxygen atoms in total. The Labute approximate surface area is 345 Å². The fourth-order valence-electron chi connectivity index (χ4n) is 8.59. The van der Waals surface area contributed by atoms with Crippen LogP contribution in [0.25, 0.3) is 77.0 Å². The van der Waals surface area contributed by atoms with Crippen molar-refractivity contribution in [2.45, 2.75) is 105 Å². The molecule has 0 amide bonds. The summed E-state index contributed by atoms with van der Waals surface area (Å²) in [4.78, 5) is 7.68. The van der Waals surface area contributed by atoms with Crippen molar-refractivity contribution in [3.05, 3.63) is 119 Å². The van der Waals surface area contributed by atoms with Gasteiger partial charge in [-0.25, -0.2) is 0 Å². The molecule has 298 valence electrons. The smallest absolute Gasteiger partial charge is 0.134 e. The minimum Gasteiger partial charge on any atom is -0.495 e. The SMILES string of the molecule is COc1c(-c2cccc(-c3cc(C(C)(C)C)cc4c3[nH]c3ccc(C(C)(C)C)cc34)c2OC)cccc1-c1cc(C(C)(C)C)cc2c1[nH]c1ccc(C(C)(C)C)cc12. The van der Waals surface area contributed by atoms with Crippen LogP contribution in [-0.2, 0) is 21.7 Å². The highest BCUT2D eigenvalue weighted by molar-refractivity contribution is 6.14. The van der Waals surface area contributed by atoms with Crippen molar-refractivity contribution < 1.29 is 9.47 Å². The van der Waals surface area contributed by atoms with Gasteiger partial charge in [0.15, 0.2) is 0 Å². The Hall–Kier alpha value is -5.48. The van der Waals surface area contributed by atoms with Crippen LogP contribution in [0.1, 0.15) is 105 Å². The molecule has 0 aliphatic rings. The summed E-state index contributed by atoms with van der Waals surface area (Å²) in [6.45, 7) is 27.4. The van der Waals surface area contributed by atoms with E-state index in [1.165, 1.54) is 43.8 Å². The number of methoxy groups -OCH3 is 2. The topological polar surface area (TPSA) is 50.0 Å². The van der Waals surface area contributed by atoms with Gasteiger partial charge in [0.2, 0.25) is 0 Å². The fraction of sp³-hybridized carbons (Fsp3) is 0.333. The maximum absolute atomic E-state index is 6.48. The standard InChI is InChI=1S/C54H60N2O2/c1-51(2,3)31-21-23-45-39(25-31)43-29-33(53(7,8)9)27-41(47(43)55-45)37-19-15-17-35(49(37)57-13)36-18-16-20-38(50(36)58-14)42-28-34(54(10,11)12)30-44-40-26-32(52(4,5)6)22-24-46(40)56-48(42)44/h15-30,55-56H,1-14H3. The van der Waals surface area contributed by atoms with Crippen molar-refractivity contribution in [2.75, 3.05) is 14.2 Å². The maximum atomic E-state index is 6.48. The van der Waals surface area contributed by atoms with Crippen molar-refractivity contribution in [1.82, 2.24) is 9.97 Å². The molecular weight excluding hydrogens is 709 g/mol. The number of rotatable bonds is 5. The van der Waals surface area contributed by atoms with E-state index >= 15 is 0 Å².